The summed E-state index contributed by atoms with van der Waals surface area (Å²) >= 11 is 0. The van der Waals surface area contributed by atoms with E-state index in [9.17, 15) is 9.18 Å². The zero-order valence-corrected chi connectivity index (χ0v) is 16.6. The summed E-state index contributed by atoms with van der Waals surface area (Å²) in [6, 6.07) is 13.4. The zero-order valence-electron chi connectivity index (χ0n) is 16.6. The van der Waals surface area contributed by atoms with E-state index in [-0.39, 0.29) is 23.2 Å². The molecule has 5 nitrogen and oxygen atoms in total. The third kappa shape index (κ3) is 4.63. The summed E-state index contributed by atoms with van der Waals surface area (Å²) in [4.78, 5) is 17.3. The monoisotopic (exact) mass is 380 g/mol. The van der Waals surface area contributed by atoms with Crippen molar-refractivity contribution in [2.45, 2.75) is 45.7 Å². The average molecular weight is 380 g/mol. The quantitative estimate of drug-likeness (QED) is 0.720. The van der Waals surface area contributed by atoms with Crippen LogP contribution in [0.2, 0.25) is 0 Å². The smallest absolute Gasteiger partial charge is 0.270 e. The first kappa shape index (κ1) is 19.7. The predicted molar refractivity (Wildman–Crippen MR) is 107 cm³/mol. The SMILES string of the molecule is CC(NC(=O)c1cc(C(C)(C)C)nn1Cc1ccc(F)cc1)c1ccccn1. The highest BCUT2D eigenvalue weighted by Crippen LogP contribution is 2.23. The number of amides is 1. The Morgan fingerprint density at radius 1 is 1.18 bits per heavy atom. The van der Waals surface area contributed by atoms with Crippen LogP contribution in [-0.2, 0) is 12.0 Å². The van der Waals surface area contributed by atoms with Gasteiger partial charge in [-0.05, 0) is 42.8 Å². The van der Waals surface area contributed by atoms with Crippen LogP contribution in [0.25, 0.3) is 0 Å². The van der Waals surface area contributed by atoms with E-state index in [1.807, 2.05) is 31.2 Å². The molecule has 0 aliphatic heterocycles. The molecule has 1 amide bonds. The topological polar surface area (TPSA) is 59.8 Å². The van der Waals surface area contributed by atoms with Gasteiger partial charge in [0.1, 0.15) is 11.5 Å². The maximum Gasteiger partial charge on any atom is 0.270 e. The van der Waals surface area contributed by atoms with E-state index in [1.165, 1.54) is 12.1 Å². The highest BCUT2D eigenvalue weighted by Gasteiger charge is 2.24. The van der Waals surface area contributed by atoms with Crippen molar-refractivity contribution in [2.75, 3.05) is 0 Å². The van der Waals surface area contributed by atoms with Crippen molar-refractivity contribution in [1.82, 2.24) is 20.1 Å². The number of pyridine rings is 1. The maximum absolute atomic E-state index is 13.2. The Bertz CT molecular complexity index is 943. The summed E-state index contributed by atoms with van der Waals surface area (Å²) in [5.74, 6) is -0.509. The van der Waals surface area contributed by atoms with Crippen LogP contribution in [0.15, 0.2) is 54.7 Å². The van der Waals surface area contributed by atoms with Crippen LogP contribution in [0.3, 0.4) is 0 Å². The first-order valence-electron chi connectivity index (χ1n) is 9.28. The van der Waals surface area contributed by atoms with Crippen molar-refractivity contribution >= 4 is 5.91 Å². The van der Waals surface area contributed by atoms with E-state index in [0.29, 0.717) is 12.2 Å². The van der Waals surface area contributed by atoms with Crippen LogP contribution in [0.4, 0.5) is 4.39 Å². The minimum atomic E-state index is -0.290. The van der Waals surface area contributed by atoms with Crippen molar-refractivity contribution in [3.63, 3.8) is 0 Å². The van der Waals surface area contributed by atoms with Gasteiger partial charge in [0.05, 0.1) is 24.0 Å². The molecule has 1 atom stereocenters. The predicted octanol–water partition coefficient (Wildman–Crippen LogP) is 4.25. The Hall–Kier alpha value is -3.02. The number of nitrogens with zero attached hydrogens (tertiary/aromatic N) is 3. The zero-order chi connectivity index (χ0) is 20.3. The van der Waals surface area contributed by atoms with Crippen LogP contribution in [-0.4, -0.2) is 20.7 Å². The Labute approximate surface area is 164 Å². The van der Waals surface area contributed by atoms with E-state index in [2.05, 4.69) is 36.2 Å². The summed E-state index contributed by atoms with van der Waals surface area (Å²) in [7, 11) is 0. The first-order chi connectivity index (χ1) is 13.2. The molecule has 2 aromatic heterocycles. The van der Waals surface area contributed by atoms with E-state index >= 15 is 0 Å². The largest absolute Gasteiger partial charge is 0.343 e. The maximum atomic E-state index is 13.2. The molecule has 1 N–H and O–H groups in total. The van der Waals surface area contributed by atoms with Crippen LogP contribution in [0.5, 0.6) is 0 Å². The standard InChI is InChI=1S/C22H25FN4O/c1-15(18-7-5-6-12-24-18)25-21(28)19-13-20(22(2,3)4)26-27(19)14-16-8-10-17(23)11-9-16/h5-13,15H,14H2,1-4H3,(H,25,28). The summed E-state index contributed by atoms with van der Waals surface area (Å²) < 4.78 is 14.9. The van der Waals surface area contributed by atoms with Crippen LogP contribution < -0.4 is 5.32 Å². The fraction of sp³-hybridized carbons (Fsp3) is 0.318. The molecule has 3 aromatic rings. The summed E-state index contributed by atoms with van der Waals surface area (Å²) in [6.07, 6.45) is 1.70. The molecule has 6 heteroatoms. The van der Waals surface area contributed by atoms with Crippen molar-refractivity contribution in [1.29, 1.82) is 0 Å². The second-order valence-corrected chi connectivity index (χ2v) is 7.90. The van der Waals surface area contributed by atoms with E-state index in [0.717, 1.165) is 17.0 Å². The molecule has 146 valence electrons. The number of halogens is 1. The van der Waals surface area contributed by atoms with Gasteiger partial charge in [0, 0.05) is 11.6 Å². The number of benzene rings is 1. The number of rotatable bonds is 5. The molecule has 0 spiro atoms. The summed E-state index contributed by atoms with van der Waals surface area (Å²) in [5, 5.41) is 7.64. The lowest BCUT2D eigenvalue weighted by molar-refractivity contribution is 0.0928. The Morgan fingerprint density at radius 3 is 2.50 bits per heavy atom. The fourth-order valence-corrected chi connectivity index (χ4v) is 2.83. The van der Waals surface area contributed by atoms with E-state index in [1.54, 1.807) is 23.0 Å². The average Bonchev–Trinajstić information content (AvgIpc) is 3.09. The molecule has 0 bridgehead atoms. The van der Waals surface area contributed by atoms with Gasteiger partial charge in [0.15, 0.2) is 0 Å². The third-order valence-electron chi connectivity index (χ3n) is 4.51. The van der Waals surface area contributed by atoms with Gasteiger partial charge in [-0.15, -0.1) is 0 Å². The number of hydrogen-bond acceptors (Lipinski definition) is 3. The van der Waals surface area contributed by atoms with Gasteiger partial charge in [0.25, 0.3) is 5.91 Å². The molecule has 28 heavy (non-hydrogen) atoms. The third-order valence-corrected chi connectivity index (χ3v) is 4.51. The molecule has 0 saturated heterocycles. The van der Waals surface area contributed by atoms with Crippen LogP contribution >= 0.6 is 0 Å². The number of nitrogens with one attached hydrogen (secondary N) is 1. The van der Waals surface area contributed by atoms with Gasteiger partial charge < -0.3 is 5.32 Å². The summed E-state index contributed by atoms with van der Waals surface area (Å²) in [6.45, 7) is 8.43. The highest BCUT2D eigenvalue weighted by molar-refractivity contribution is 5.93. The molecule has 0 radical (unpaired) electrons. The van der Waals surface area contributed by atoms with Crippen molar-refractivity contribution < 1.29 is 9.18 Å². The van der Waals surface area contributed by atoms with Gasteiger partial charge in [0.2, 0.25) is 0 Å². The van der Waals surface area contributed by atoms with Crippen LogP contribution in [0, 0.1) is 5.82 Å². The van der Waals surface area contributed by atoms with Crippen molar-refractivity contribution in [2.24, 2.45) is 0 Å². The number of hydrogen-bond donors (Lipinski definition) is 1. The molecular weight excluding hydrogens is 355 g/mol. The van der Waals surface area contributed by atoms with Gasteiger partial charge in [-0.3, -0.25) is 14.5 Å². The highest BCUT2D eigenvalue weighted by atomic mass is 19.1. The first-order valence-corrected chi connectivity index (χ1v) is 9.28. The molecule has 2 heterocycles. The van der Waals surface area contributed by atoms with Gasteiger partial charge in [-0.2, -0.15) is 5.10 Å². The molecule has 0 aliphatic rings. The molecule has 1 unspecified atom stereocenters. The molecular formula is C22H25FN4O. The lowest BCUT2D eigenvalue weighted by atomic mass is 9.92. The molecule has 1 aromatic carbocycles. The summed E-state index contributed by atoms with van der Waals surface area (Å²) in [5.41, 5.74) is 2.76. The van der Waals surface area contributed by atoms with E-state index in [4.69, 9.17) is 0 Å². The molecule has 0 fully saturated rings. The Kier molecular flexibility index (Phi) is 5.58. The van der Waals surface area contributed by atoms with Gasteiger partial charge >= 0.3 is 0 Å². The molecule has 3 rings (SSSR count). The second-order valence-electron chi connectivity index (χ2n) is 7.90. The molecule has 0 saturated carbocycles. The van der Waals surface area contributed by atoms with E-state index < -0.39 is 0 Å². The van der Waals surface area contributed by atoms with Crippen molar-refractivity contribution in [3.8, 4) is 0 Å². The van der Waals surface area contributed by atoms with Gasteiger partial charge in [-0.1, -0.05) is 39.0 Å². The lowest BCUT2D eigenvalue weighted by Gasteiger charge is -2.14. The second kappa shape index (κ2) is 7.92. The fourth-order valence-electron chi connectivity index (χ4n) is 2.83. The minimum Gasteiger partial charge on any atom is -0.343 e. The van der Waals surface area contributed by atoms with Crippen molar-refractivity contribution in [3.05, 3.63) is 83.2 Å². The van der Waals surface area contributed by atoms with Crippen LogP contribution in [0.1, 0.15) is 61.2 Å². The van der Waals surface area contributed by atoms with Gasteiger partial charge in [-0.25, -0.2) is 4.39 Å². The minimum absolute atomic E-state index is 0.199. The normalized spacial score (nSPS) is 12.6. The lowest BCUT2D eigenvalue weighted by Crippen LogP contribution is -2.29. The molecule has 0 aliphatic carbocycles. The number of carbonyl (C=O) groups is 1. The Morgan fingerprint density at radius 2 is 1.89 bits per heavy atom. The number of aromatic nitrogens is 3. The number of carbonyl (C=O) groups excluding carboxylic acids is 1. The Balaban J connectivity index is 1.88.